The highest BCUT2D eigenvalue weighted by atomic mass is 32.2. The van der Waals surface area contributed by atoms with Crippen molar-refractivity contribution >= 4 is 144 Å². The number of hydrogen-bond donors (Lipinski definition) is 8. The molecule has 0 radical (unpaired) electrons. The predicted octanol–water partition coefficient (Wildman–Crippen LogP) is 9.22. The maximum atomic E-state index is 13.0. The summed E-state index contributed by atoms with van der Waals surface area (Å²) in [6.45, 7) is 3.84. The first-order chi connectivity index (χ1) is 42.1. The van der Waals surface area contributed by atoms with Crippen LogP contribution in [0.4, 0.5) is 34.1 Å². The molecule has 482 valence electrons. The fourth-order valence-corrected chi connectivity index (χ4v) is 14.0. The Morgan fingerprint density at radius 2 is 1.08 bits per heavy atom. The van der Waals surface area contributed by atoms with Gasteiger partial charge in [-0.15, -0.1) is 25.5 Å². The van der Waals surface area contributed by atoms with Gasteiger partial charge in [-0.3, -0.25) is 31.9 Å². The van der Waals surface area contributed by atoms with Crippen LogP contribution in [0.15, 0.2) is 135 Å². The van der Waals surface area contributed by atoms with Crippen molar-refractivity contribution in [3.8, 4) is 22.9 Å². The second kappa shape index (κ2) is 24.8. The molecule has 40 heteroatoms. The standard InChI is InChI=1S/C51H47N9O24S7/c1-26-17-41(55-57-49-47(90(77,78)79)20-29-19-30(6-7-33(29)50(49)61)60-58-38-10-9-35-36(48(38)59-60)21-32(88(71,72)73)24-46(35)89(74,75)76)27(2)16-40(26)53-56-43-18-28(3)42(25-45(43)84-13-5-15-86(65,66)67)54-52-39-11-8-34-37(51(39)91(80,81)82)22-31(87(68,69)70)23-44(34)83-12-4-14-85(62,63)64/h6-11,16-23,25,46,61H,4-5,12-15,24H2,1-3H3,(H,62,63,64)(H,65,66,67)(H,68,69,70)(H,71,72,73)(H,74,75,76)(H,77,78,79)(H,80,81,82). The van der Waals surface area contributed by atoms with Crippen LogP contribution in [0, 0.1) is 20.8 Å². The van der Waals surface area contributed by atoms with Crippen molar-refractivity contribution in [3.63, 3.8) is 0 Å². The summed E-state index contributed by atoms with van der Waals surface area (Å²) in [4.78, 5) is -2.51. The molecule has 1 atom stereocenters. The molecule has 9 rings (SSSR count). The zero-order chi connectivity index (χ0) is 66.7. The van der Waals surface area contributed by atoms with Crippen LogP contribution in [0.25, 0.3) is 44.3 Å². The van der Waals surface area contributed by atoms with Crippen molar-refractivity contribution in [2.75, 3.05) is 24.7 Å². The lowest BCUT2D eigenvalue weighted by Crippen LogP contribution is -2.20. The van der Waals surface area contributed by atoms with E-state index >= 15 is 0 Å². The van der Waals surface area contributed by atoms with E-state index < -0.39 is 143 Å². The molecule has 91 heavy (non-hydrogen) atoms. The van der Waals surface area contributed by atoms with Crippen LogP contribution in [0.2, 0.25) is 0 Å². The van der Waals surface area contributed by atoms with Crippen LogP contribution in [0.1, 0.15) is 52.3 Å². The van der Waals surface area contributed by atoms with Gasteiger partial charge in [-0.05, 0) is 134 Å². The lowest BCUT2D eigenvalue weighted by molar-refractivity contribution is 0.317. The van der Waals surface area contributed by atoms with Crippen LogP contribution >= 0.6 is 0 Å². The minimum atomic E-state index is -5.34. The number of phenols is 1. The average Bonchev–Trinajstić information content (AvgIpc) is 1.75. The largest absolute Gasteiger partial charge is 0.505 e. The Morgan fingerprint density at radius 3 is 1.64 bits per heavy atom. The highest BCUT2D eigenvalue weighted by molar-refractivity contribution is 7.90. The Labute approximate surface area is 516 Å². The van der Waals surface area contributed by atoms with E-state index in [1.807, 2.05) is 0 Å². The summed E-state index contributed by atoms with van der Waals surface area (Å²) >= 11 is 0. The summed E-state index contributed by atoms with van der Waals surface area (Å²) < 4.78 is 251. The van der Waals surface area contributed by atoms with Crippen molar-refractivity contribution in [3.05, 3.63) is 118 Å². The summed E-state index contributed by atoms with van der Waals surface area (Å²) in [5.41, 5.74) is -0.0192. The number of fused-ring (bicyclic) bond motifs is 5. The Bertz CT molecular complexity index is 5370. The zero-order valence-electron chi connectivity index (χ0n) is 46.7. The maximum absolute atomic E-state index is 13.0. The van der Waals surface area contributed by atoms with Gasteiger partial charge in [0, 0.05) is 40.3 Å². The third kappa shape index (κ3) is 15.4. The number of azo groups is 3. The molecule has 0 amide bonds. The number of nitrogens with zero attached hydrogens (tertiary/aromatic N) is 9. The third-order valence-electron chi connectivity index (χ3n) is 13.6. The molecule has 0 aliphatic heterocycles. The Morgan fingerprint density at radius 1 is 0.527 bits per heavy atom. The van der Waals surface area contributed by atoms with Crippen LogP contribution < -0.4 is 9.47 Å². The van der Waals surface area contributed by atoms with Gasteiger partial charge in [-0.25, -0.2) is 0 Å². The first-order valence-corrected chi connectivity index (χ1v) is 36.2. The quantitative estimate of drug-likeness (QED) is 0.0178. The fourth-order valence-electron chi connectivity index (χ4n) is 9.37. The van der Waals surface area contributed by atoms with Crippen LogP contribution in [0.3, 0.4) is 0 Å². The van der Waals surface area contributed by atoms with E-state index in [1.165, 1.54) is 67.6 Å². The summed E-state index contributed by atoms with van der Waals surface area (Å²) in [6, 6.07) is 17.0. The van der Waals surface area contributed by atoms with Gasteiger partial charge < -0.3 is 14.6 Å². The first-order valence-electron chi connectivity index (χ1n) is 25.7. The minimum Gasteiger partial charge on any atom is -0.505 e. The van der Waals surface area contributed by atoms with Crippen LogP contribution in [-0.4, -0.2) is 136 Å². The Kier molecular flexibility index (Phi) is 18.3. The van der Waals surface area contributed by atoms with Gasteiger partial charge in [0.25, 0.3) is 70.8 Å². The molecule has 0 bridgehead atoms. The highest BCUT2D eigenvalue weighted by Crippen LogP contribution is 2.46. The lowest BCUT2D eigenvalue weighted by Gasteiger charge is -2.22. The molecule has 7 aromatic carbocycles. The number of rotatable bonds is 22. The Hall–Kier alpha value is -8.23. The molecule has 1 unspecified atom stereocenters. The molecule has 8 aromatic rings. The van der Waals surface area contributed by atoms with E-state index in [9.17, 15) is 91.3 Å². The second-order valence-corrected chi connectivity index (χ2v) is 30.5. The molecule has 33 nitrogen and oxygen atoms in total. The van der Waals surface area contributed by atoms with Crippen molar-refractivity contribution in [2.24, 2.45) is 30.7 Å². The maximum Gasteiger partial charge on any atom is 0.297 e. The topological polar surface area (TPSA) is 524 Å². The molecule has 8 N–H and O–H groups in total. The lowest BCUT2D eigenvalue weighted by atomic mass is 9.95. The van der Waals surface area contributed by atoms with Crippen molar-refractivity contribution < 1.29 is 105 Å². The normalized spacial score (nSPS) is 14.7. The summed E-state index contributed by atoms with van der Waals surface area (Å²) in [5.74, 6) is -2.74. The van der Waals surface area contributed by atoms with Gasteiger partial charge in [-0.2, -0.15) is 79.1 Å². The second-order valence-electron chi connectivity index (χ2n) is 20.2. The van der Waals surface area contributed by atoms with Crippen molar-refractivity contribution in [1.82, 2.24) is 15.0 Å². The summed E-state index contributed by atoms with van der Waals surface area (Å²) in [6.07, 6.45) is -0.333. The summed E-state index contributed by atoms with van der Waals surface area (Å²) in [7, 11) is -34.3. The first kappa shape index (κ1) is 67.2. The van der Waals surface area contributed by atoms with Crippen LogP contribution in [0.5, 0.6) is 17.2 Å². The van der Waals surface area contributed by atoms with Gasteiger partial charge >= 0.3 is 0 Å². The van der Waals surface area contributed by atoms with E-state index in [2.05, 4.69) is 40.9 Å². The number of aromatic nitrogens is 3. The average molecular weight is 1390 g/mol. The van der Waals surface area contributed by atoms with E-state index in [-0.39, 0.29) is 103 Å². The number of aryl methyl sites for hydroxylation is 3. The molecule has 1 aliphatic rings. The molecule has 0 spiro atoms. The molecule has 1 aliphatic carbocycles. The molecular weight excluding hydrogens is 1350 g/mol. The molecular formula is C51H47N9O24S7. The predicted molar refractivity (Wildman–Crippen MR) is 323 cm³/mol. The number of aromatic hydroxyl groups is 1. The number of ether oxygens (including phenoxy) is 2. The highest BCUT2D eigenvalue weighted by Gasteiger charge is 2.37. The van der Waals surface area contributed by atoms with E-state index in [0.717, 1.165) is 29.1 Å². The molecule has 1 aromatic heterocycles. The van der Waals surface area contributed by atoms with E-state index in [0.29, 0.717) is 17.2 Å². The van der Waals surface area contributed by atoms with Crippen LogP contribution in [-0.2, 0) is 70.8 Å². The number of phenolic OH excluding ortho intramolecular Hbond substituents is 1. The van der Waals surface area contributed by atoms with Gasteiger partial charge in [0.1, 0.15) is 54.6 Å². The fraction of sp³-hybridized carbons (Fsp3) is 0.216. The third-order valence-corrected chi connectivity index (χ3v) is 20.0. The van der Waals surface area contributed by atoms with Gasteiger partial charge in [0.05, 0.1) is 57.3 Å². The molecule has 1 heterocycles. The van der Waals surface area contributed by atoms with E-state index in [1.54, 1.807) is 13.8 Å². The molecule has 0 fully saturated rings. The zero-order valence-corrected chi connectivity index (χ0v) is 52.4. The monoisotopic (exact) mass is 1390 g/mol. The minimum absolute atomic E-state index is 0.00875. The van der Waals surface area contributed by atoms with Crippen molar-refractivity contribution in [1.29, 1.82) is 0 Å². The van der Waals surface area contributed by atoms with Gasteiger partial charge in [-0.1, -0.05) is 6.07 Å². The number of hydrogen-bond acceptors (Lipinski definition) is 25. The van der Waals surface area contributed by atoms with E-state index in [4.69, 9.17) is 14.0 Å². The SMILES string of the molecule is Cc1cc(N=Nc2c(S(=O)(=O)O)cc3cc(-n4nc5ccc6c(c5n4)C=C(S(=O)(=O)O)CC6S(=O)(=O)O)ccc3c2O)c(C)cc1N=Nc1cc(C)c(N=Nc2ccc3c(OCCCS(=O)(=O)O)cc(S(=O)(=O)O)cc3c2S(=O)(=O)O)cc1OCCCS(=O)(=O)O. The molecule has 0 saturated heterocycles. The number of benzene rings is 7. The van der Waals surface area contributed by atoms with Gasteiger partial charge in [0.15, 0.2) is 5.75 Å². The number of allylic oxidation sites excluding steroid dienone is 1. The van der Waals surface area contributed by atoms with Crippen molar-refractivity contribution in [2.45, 2.75) is 60.0 Å². The summed E-state index contributed by atoms with van der Waals surface area (Å²) in [5, 5.41) is 42.8. The Balaban J connectivity index is 1.02. The smallest absolute Gasteiger partial charge is 0.297 e. The van der Waals surface area contributed by atoms with Gasteiger partial charge in [0.2, 0.25) is 0 Å². The molecule has 0 saturated carbocycles.